The molecule has 2 aromatic rings. The summed E-state index contributed by atoms with van der Waals surface area (Å²) in [7, 11) is 1.88. The number of aryl methyl sites for hydroxylation is 1. The molecule has 0 aliphatic rings. The van der Waals surface area contributed by atoms with Gasteiger partial charge in [0.15, 0.2) is 0 Å². The van der Waals surface area contributed by atoms with Gasteiger partial charge in [0.1, 0.15) is 0 Å². The summed E-state index contributed by atoms with van der Waals surface area (Å²) in [5.41, 5.74) is 3.74. The number of aromatic nitrogens is 1. The molecule has 0 saturated carbocycles. The van der Waals surface area contributed by atoms with Crippen LogP contribution in [-0.2, 0) is 0 Å². The molecule has 1 aromatic carbocycles. The Hall–Kier alpha value is -1.59. The third kappa shape index (κ3) is 3.42. The summed E-state index contributed by atoms with van der Waals surface area (Å²) in [5.74, 6) is -0.0338. The van der Waals surface area contributed by atoms with E-state index in [0.717, 1.165) is 27.1 Å². The summed E-state index contributed by atoms with van der Waals surface area (Å²) in [4.78, 5) is 12.4. The van der Waals surface area contributed by atoms with E-state index < -0.39 is 0 Å². The fourth-order valence-electron chi connectivity index (χ4n) is 2.44. The SMILES string of the molecule is CNC(C)CNC(=O)c1cc(C)n(-c2ccccc2Br)c1C. The summed E-state index contributed by atoms with van der Waals surface area (Å²) >= 11 is 3.58. The Kier molecular flexibility index (Phi) is 5.42. The van der Waals surface area contributed by atoms with Gasteiger partial charge in [-0.15, -0.1) is 0 Å². The molecule has 118 valence electrons. The van der Waals surface area contributed by atoms with Crippen LogP contribution in [-0.4, -0.2) is 30.1 Å². The van der Waals surface area contributed by atoms with E-state index in [4.69, 9.17) is 0 Å². The second-order valence-corrected chi connectivity index (χ2v) is 6.33. The number of rotatable bonds is 5. The van der Waals surface area contributed by atoms with Crippen LogP contribution in [0.3, 0.4) is 0 Å². The molecular formula is C17H22BrN3O. The smallest absolute Gasteiger partial charge is 0.253 e. The Morgan fingerprint density at radius 2 is 2.00 bits per heavy atom. The van der Waals surface area contributed by atoms with Gasteiger partial charge < -0.3 is 15.2 Å². The van der Waals surface area contributed by atoms with Crippen LogP contribution >= 0.6 is 15.9 Å². The molecule has 0 spiro atoms. The first kappa shape index (κ1) is 16.8. The van der Waals surface area contributed by atoms with E-state index in [1.54, 1.807) is 0 Å². The fourth-order valence-corrected chi connectivity index (χ4v) is 2.90. The van der Waals surface area contributed by atoms with E-state index in [0.29, 0.717) is 6.54 Å². The highest BCUT2D eigenvalue weighted by atomic mass is 79.9. The predicted molar refractivity (Wildman–Crippen MR) is 93.8 cm³/mol. The van der Waals surface area contributed by atoms with Crippen LogP contribution < -0.4 is 10.6 Å². The number of benzene rings is 1. The lowest BCUT2D eigenvalue weighted by molar-refractivity contribution is 0.0950. The average molecular weight is 364 g/mol. The van der Waals surface area contributed by atoms with Gasteiger partial charge in [0.05, 0.1) is 11.3 Å². The zero-order valence-corrected chi connectivity index (χ0v) is 15.0. The van der Waals surface area contributed by atoms with Crippen molar-refractivity contribution in [3.63, 3.8) is 0 Å². The maximum atomic E-state index is 12.4. The topological polar surface area (TPSA) is 46.1 Å². The molecule has 1 heterocycles. The number of hydrogen-bond acceptors (Lipinski definition) is 2. The summed E-state index contributed by atoms with van der Waals surface area (Å²) in [6, 6.07) is 10.2. The van der Waals surface area contributed by atoms with Crippen molar-refractivity contribution >= 4 is 21.8 Å². The Bertz CT molecular complexity index is 679. The number of halogens is 1. The minimum absolute atomic E-state index is 0.0338. The normalized spacial score (nSPS) is 12.2. The zero-order chi connectivity index (χ0) is 16.3. The van der Waals surface area contributed by atoms with Gasteiger partial charge in [-0.25, -0.2) is 0 Å². The van der Waals surface area contributed by atoms with E-state index >= 15 is 0 Å². The summed E-state index contributed by atoms with van der Waals surface area (Å²) in [6.07, 6.45) is 0. The van der Waals surface area contributed by atoms with E-state index in [1.807, 2.05) is 58.2 Å². The highest BCUT2D eigenvalue weighted by molar-refractivity contribution is 9.10. The molecule has 1 unspecified atom stereocenters. The fraction of sp³-hybridized carbons (Fsp3) is 0.353. The molecule has 0 aliphatic heterocycles. The van der Waals surface area contributed by atoms with Crippen molar-refractivity contribution in [3.8, 4) is 5.69 Å². The molecule has 1 atom stereocenters. The van der Waals surface area contributed by atoms with Crippen molar-refractivity contribution in [1.29, 1.82) is 0 Å². The van der Waals surface area contributed by atoms with Crippen molar-refractivity contribution in [2.24, 2.45) is 0 Å². The van der Waals surface area contributed by atoms with Crippen LogP contribution in [0.1, 0.15) is 28.7 Å². The molecule has 0 aliphatic carbocycles. The molecule has 22 heavy (non-hydrogen) atoms. The number of nitrogens with zero attached hydrogens (tertiary/aromatic N) is 1. The Labute approximate surface area is 140 Å². The molecule has 4 nitrogen and oxygen atoms in total. The van der Waals surface area contributed by atoms with Crippen LogP contribution in [0.15, 0.2) is 34.8 Å². The van der Waals surface area contributed by atoms with Gasteiger partial charge in [0.2, 0.25) is 0 Å². The van der Waals surface area contributed by atoms with Gasteiger partial charge in [-0.1, -0.05) is 12.1 Å². The molecule has 1 amide bonds. The predicted octanol–water partition coefficient (Wildman–Crippen LogP) is 3.19. The Morgan fingerprint density at radius 1 is 1.32 bits per heavy atom. The summed E-state index contributed by atoms with van der Waals surface area (Å²) in [6.45, 7) is 6.63. The molecule has 0 saturated heterocycles. The van der Waals surface area contributed by atoms with Gasteiger partial charge >= 0.3 is 0 Å². The third-order valence-electron chi connectivity index (χ3n) is 3.83. The molecule has 0 bridgehead atoms. The van der Waals surface area contributed by atoms with Crippen molar-refractivity contribution in [1.82, 2.24) is 15.2 Å². The maximum absolute atomic E-state index is 12.4. The van der Waals surface area contributed by atoms with Crippen LogP contribution in [0.2, 0.25) is 0 Å². The van der Waals surface area contributed by atoms with Crippen molar-refractivity contribution in [3.05, 3.63) is 51.8 Å². The molecule has 5 heteroatoms. The van der Waals surface area contributed by atoms with Crippen LogP contribution in [0.5, 0.6) is 0 Å². The van der Waals surface area contributed by atoms with Gasteiger partial charge in [-0.05, 0) is 61.9 Å². The first-order valence-corrected chi connectivity index (χ1v) is 8.14. The molecule has 0 fully saturated rings. The summed E-state index contributed by atoms with van der Waals surface area (Å²) < 4.78 is 3.10. The minimum Gasteiger partial charge on any atom is -0.350 e. The number of amides is 1. The zero-order valence-electron chi connectivity index (χ0n) is 13.4. The Balaban J connectivity index is 2.32. The lowest BCUT2D eigenvalue weighted by atomic mass is 10.2. The van der Waals surface area contributed by atoms with Crippen LogP contribution in [0.25, 0.3) is 5.69 Å². The number of likely N-dealkylation sites (N-methyl/N-ethyl adjacent to an activating group) is 1. The Morgan fingerprint density at radius 3 is 2.64 bits per heavy atom. The number of hydrogen-bond donors (Lipinski definition) is 2. The highest BCUT2D eigenvalue weighted by Crippen LogP contribution is 2.26. The molecule has 2 N–H and O–H groups in total. The number of para-hydroxylation sites is 1. The minimum atomic E-state index is -0.0338. The van der Waals surface area contributed by atoms with Gasteiger partial charge in [-0.2, -0.15) is 0 Å². The van der Waals surface area contributed by atoms with E-state index in [2.05, 4.69) is 31.1 Å². The van der Waals surface area contributed by atoms with Crippen molar-refractivity contribution < 1.29 is 4.79 Å². The summed E-state index contributed by atoms with van der Waals surface area (Å²) in [5, 5.41) is 6.08. The third-order valence-corrected chi connectivity index (χ3v) is 4.50. The average Bonchev–Trinajstić information content (AvgIpc) is 2.80. The molecule has 1 aromatic heterocycles. The largest absolute Gasteiger partial charge is 0.350 e. The van der Waals surface area contributed by atoms with Crippen LogP contribution in [0, 0.1) is 13.8 Å². The number of carbonyl (C=O) groups is 1. The lowest BCUT2D eigenvalue weighted by Gasteiger charge is -2.13. The highest BCUT2D eigenvalue weighted by Gasteiger charge is 2.17. The first-order chi connectivity index (χ1) is 10.5. The molecular weight excluding hydrogens is 342 g/mol. The van der Waals surface area contributed by atoms with Crippen LogP contribution in [0.4, 0.5) is 0 Å². The number of carbonyl (C=O) groups excluding carboxylic acids is 1. The van der Waals surface area contributed by atoms with E-state index in [-0.39, 0.29) is 11.9 Å². The van der Waals surface area contributed by atoms with Gasteiger partial charge in [0.25, 0.3) is 5.91 Å². The standard InChI is InChI=1S/C17H22BrN3O/c1-11(19-4)10-20-17(22)14-9-12(2)21(13(14)3)16-8-6-5-7-15(16)18/h5-9,11,19H,10H2,1-4H3,(H,20,22). The van der Waals surface area contributed by atoms with Gasteiger partial charge in [-0.3, -0.25) is 4.79 Å². The van der Waals surface area contributed by atoms with Crippen molar-refractivity contribution in [2.75, 3.05) is 13.6 Å². The number of nitrogens with one attached hydrogen (secondary N) is 2. The van der Waals surface area contributed by atoms with E-state index in [1.165, 1.54) is 0 Å². The molecule has 0 radical (unpaired) electrons. The van der Waals surface area contributed by atoms with Gasteiger partial charge in [0, 0.05) is 28.4 Å². The van der Waals surface area contributed by atoms with Crippen molar-refractivity contribution in [2.45, 2.75) is 26.8 Å². The monoisotopic (exact) mass is 363 g/mol. The van der Waals surface area contributed by atoms with E-state index in [9.17, 15) is 4.79 Å². The first-order valence-electron chi connectivity index (χ1n) is 7.35. The second-order valence-electron chi connectivity index (χ2n) is 5.47. The molecule has 2 rings (SSSR count). The maximum Gasteiger partial charge on any atom is 0.253 e. The second kappa shape index (κ2) is 7.11. The quantitative estimate of drug-likeness (QED) is 0.856. The lowest BCUT2D eigenvalue weighted by Crippen LogP contribution is -2.37.